The average Bonchev–Trinajstić information content (AvgIpc) is 2.41. The standard InChI is InChI=1S/C16H23N3/c1-11(2)14-5-3-4-6-16(14)19-13-7-8-15(18)12(9-13)10-17/h7-9,11,14,16,19H,3-6,18H2,1-2H3. The van der Waals surface area contributed by atoms with Crippen LogP contribution >= 0.6 is 0 Å². The minimum absolute atomic E-state index is 0.518. The number of nitrogens with zero attached hydrogens (tertiary/aromatic N) is 1. The molecule has 2 atom stereocenters. The van der Waals surface area contributed by atoms with Gasteiger partial charge in [0.1, 0.15) is 6.07 Å². The van der Waals surface area contributed by atoms with Crippen molar-refractivity contribution >= 4 is 11.4 Å². The van der Waals surface area contributed by atoms with Crippen LogP contribution in [0, 0.1) is 23.2 Å². The van der Waals surface area contributed by atoms with Crippen LogP contribution in [-0.4, -0.2) is 6.04 Å². The van der Waals surface area contributed by atoms with Crippen molar-refractivity contribution in [1.82, 2.24) is 0 Å². The van der Waals surface area contributed by atoms with Gasteiger partial charge in [0, 0.05) is 17.4 Å². The van der Waals surface area contributed by atoms with Crippen molar-refractivity contribution in [2.45, 2.75) is 45.6 Å². The van der Waals surface area contributed by atoms with Gasteiger partial charge in [0.05, 0.1) is 5.56 Å². The second-order valence-corrected chi connectivity index (χ2v) is 5.86. The summed E-state index contributed by atoms with van der Waals surface area (Å²) < 4.78 is 0. The number of nitrogens with one attached hydrogen (secondary N) is 1. The molecule has 1 aliphatic rings. The van der Waals surface area contributed by atoms with Crippen LogP contribution in [0.5, 0.6) is 0 Å². The minimum atomic E-state index is 0.518. The minimum Gasteiger partial charge on any atom is -0.398 e. The highest BCUT2D eigenvalue weighted by atomic mass is 14.9. The predicted molar refractivity (Wildman–Crippen MR) is 79.8 cm³/mol. The van der Waals surface area contributed by atoms with Crippen LogP contribution in [0.3, 0.4) is 0 Å². The maximum absolute atomic E-state index is 9.03. The van der Waals surface area contributed by atoms with Crippen LogP contribution in [0.2, 0.25) is 0 Å². The van der Waals surface area contributed by atoms with E-state index in [1.807, 2.05) is 18.2 Å². The number of nitrogen functional groups attached to an aromatic ring is 1. The number of hydrogen-bond donors (Lipinski definition) is 2. The van der Waals surface area contributed by atoms with E-state index in [1.165, 1.54) is 25.7 Å². The molecule has 3 N–H and O–H groups in total. The van der Waals surface area contributed by atoms with Crippen molar-refractivity contribution < 1.29 is 0 Å². The molecule has 1 aromatic carbocycles. The van der Waals surface area contributed by atoms with Crippen LogP contribution in [0.1, 0.15) is 45.1 Å². The summed E-state index contributed by atoms with van der Waals surface area (Å²) in [5.74, 6) is 1.42. The van der Waals surface area contributed by atoms with E-state index >= 15 is 0 Å². The molecule has 2 rings (SSSR count). The Morgan fingerprint density at radius 1 is 1.32 bits per heavy atom. The van der Waals surface area contributed by atoms with E-state index in [9.17, 15) is 0 Å². The lowest BCUT2D eigenvalue weighted by atomic mass is 9.78. The molecule has 0 saturated heterocycles. The SMILES string of the molecule is CC(C)C1CCCCC1Nc1ccc(N)c(C#N)c1. The van der Waals surface area contributed by atoms with Crippen LogP contribution in [0.15, 0.2) is 18.2 Å². The lowest BCUT2D eigenvalue weighted by Crippen LogP contribution is -2.35. The normalized spacial score (nSPS) is 23.1. The van der Waals surface area contributed by atoms with E-state index in [0.717, 1.165) is 11.6 Å². The number of rotatable bonds is 3. The van der Waals surface area contributed by atoms with Crippen LogP contribution in [-0.2, 0) is 0 Å². The van der Waals surface area contributed by atoms with Gasteiger partial charge in [-0.2, -0.15) is 5.26 Å². The van der Waals surface area contributed by atoms with E-state index in [2.05, 4.69) is 25.2 Å². The molecule has 19 heavy (non-hydrogen) atoms. The maximum atomic E-state index is 9.03. The van der Waals surface area contributed by atoms with Crippen molar-refractivity contribution in [3.63, 3.8) is 0 Å². The Bertz CT molecular complexity index is 473. The predicted octanol–water partition coefficient (Wildman–Crippen LogP) is 3.77. The van der Waals surface area contributed by atoms with Gasteiger partial charge in [0.2, 0.25) is 0 Å². The topological polar surface area (TPSA) is 61.8 Å². The van der Waals surface area contributed by atoms with Crippen LogP contribution < -0.4 is 11.1 Å². The third kappa shape index (κ3) is 3.20. The maximum Gasteiger partial charge on any atom is 0.101 e. The molecule has 0 heterocycles. The summed E-state index contributed by atoms with van der Waals surface area (Å²) >= 11 is 0. The summed E-state index contributed by atoms with van der Waals surface area (Å²) in [6.45, 7) is 4.60. The van der Waals surface area contributed by atoms with Crippen LogP contribution in [0.4, 0.5) is 11.4 Å². The average molecular weight is 257 g/mol. The van der Waals surface area contributed by atoms with Crippen molar-refractivity contribution in [3.05, 3.63) is 23.8 Å². The Balaban J connectivity index is 2.13. The van der Waals surface area contributed by atoms with Crippen molar-refractivity contribution in [2.24, 2.45) is 11.8 Å². The molecular weight excluding hydrogens is 234 g/mol. The highest BCUT2D eigenvalue weighted by Crippen LogP contribution is 2.32. The van der Waals surface area contributed by atoms with E-state index in [0.29, 0.717) is 23.2 Å². The molecule has 0 spiro atoms. The summed E-state index contributed by atoms with van der Waals surface area (Å²) in [7, 11) is 0. The lowest BCUT2D eigenvalue weighted by Gasteiger charge is -2.35. The summed E-state index contributed by atoms with van der Waals surface area (Å²) in [6, 6.07) is 8.31. The van der Waals surface area contributed by atoms with E-state index in [1.54, 1.807) is 0 Å². The Morgan fingerprint density at radius 3 is 2.74 bits per heavy atom. The molecule has 2 unspecified atom stereocenters. The summed E-state index contributed by atoms with van der Waals surface area (Å²) in [5, 5.41) is 12.6. The summed E-state index contributed by atoms with van der Waals surface area (Å²) in [6.07, 6.45) is 5.15. The first-order chi connectivity index (χ1) is 9.11. The Hall–Kier alpha value is -1.69. The zero-order valence-electron chi connectivity index (χ0n) is 11.8. The molecule has 1 aliphatic carbocycles. The van der Waals surface area contributed by atoms with Gasteiger partial charge in [-0.05, 0) is 42.9 Å². The van der Waals surface area contributed by atoms with E-state index < -0.39 is 0 Å². The first-order valence-corrected chi connectivity index (χ1v) is 7.18. The largest absolute Gasteiger partial charge is 0.398 e. The zero-order chi connectivity index (χ0) is 13.8. The molecule has 1 fully saturated rings. The number of nitrogens with two attached hydrogens (primary N) is 1. The smallest absolute Gasteiger partial charge is 0.101 e. The molecule has 3 nitrogen and oxygen atoms in total. The summed E-state index contributed by atoms with van der Waals surface area (Å²) in [5.41, 5.74) is 7.89. The molecule has 0 bridgehead atoms. The zero-order valence-corrected chi connectivity index (χ0v) is 11.8. The third-order valence-electron chi connectivity index (χ3n) is 4.20. The van der Waals surface area contributed by atoms with Crippen molar-refractivity contribution in [3.8, 4) is 6.07 Å². The second kappa shape index (κ2) is 5.97. The Labute approximate surface area is 115 Å². The van der Waals surface area contributed by atoms with E-state index in [-0.39, 0.29) is 0 Å². The Kier molecular flexibility index (Phi) is 4.31. The van der Waals surface area contributed by atoms with Gasteiger partial charge in [0.15, 0.2) is 0 Å². The van der Waals surface area contributed by atoms with Gasteiger partial charge >= 0.3 is 0 Å². The molecule has 102 valence electrons. The molecule has 1 saturated carbocycles. The number of anilines is 2. The van der Waals surface area contributed by atoms with Crippen molar-refractivity contribution in [2.75, 3.05) is 11.1 Å². The van der Waals surface area contributed by atoms with Gasteiger partial charge in [-0.1, -0.05) is 26.7 Å². The number of benzene rings is 1. The molecule has 0 aliphatic heterocycles. The fraction of sp³-hybridized carbons (Fsp3) is 0.562. The molecule has 3 heteroatoms. The molecule has 0 radical (unpaired) electrons. The first kappa shape index (κ1) is 13.7. The number of nitriles is 1. The second-order valence-electron chi connectivity index (χ2n) is 5.86. The van der Waals surface area contributed by atoms with E-state index in [4.69, 9.17) is 11.0 Å². The van der Waals surface area contributed by atoms with Gasteiger partial charge in [0.25, 0.3) is 0 Å². The Morgan fingerprint density at radius 2 is 2.05 bits per heavy atom. The van der Waals surface area contributed by atoms with Crippen molar-refractivity contribution in [1.29, 1.82) is 5.26 Å². The van der Waals surface area contributed by atoms with Gasteiger partial charge < -0.3 is 11.1 Å². The van der Waals surface area contributed by atoms with Gasteiger partial charge in [-0.15, -0.1) is 0 Å². The molecule has 1 aromatic rings. The van der Waals surface area contributed by atoms with Crippen LogP contribution in [0.25, 0.3) is 0 Å². The molecule has 0 amide bonds. The fourth-order valence-electron chi connectivity index (χ4n) is 3.09. The monoisotopic (exact) mass is 257 g/mol. The summed E-state index contributed by atoms with van der Waals surface area (Å²) in [4.78, 5) is 0. The highest BCUT2D eigenvalue weighted by molar-refractivity contribution is 5.62. The molecular formula is C16H23N3. The fourth-order valence-corrected chi connectivity index (χ4v) is 3.09. The van der Waals surface area contributed by atoms with Gasteiger partial charge in [-0.25, -0.2) is 0 Å². The number of hydrogen-bond acceptors (Lipinski definition) is 3. The third-order valence-corrected chi connectivity index (χ3v) is 4.20. The van der Waals surface area contributed by atoms with Gasteiger partial charge in [-0.3, -0.25) is 0 Å². The molecule has 0 aromatic heterocycles. The lowest BCUT2D eigenvalue weighted by molar-refractivity contribution is 0.254. The quantitative estimate of drug-likeness (QED) is 0.810. The first-order valence-electron chi connectivity index (χ1n) is 7.18. The highest BCUT2D eigenvalue weighted by Gasteiger charge is 2.27.